The van der Waals surface area contributed by atoms with Crippen LogP contribution in [0.4, 0.5) is 0 Å². The van der Waals surface area contributed by atoms with Crippen LogP contribution in [-0.4, -0.2) is 36.1 Å². The Balaban J connectivity index is 1.91. The minimum Gasteiger partial charge on any atom is -0.447 e. The summed E-state index contributed by atoms with van der Waals surface area (Å²) in [5, 5.41) is 16.1. The molecule has 10 heteroatoms. The van der Waals surface area contributed by atoms with Crippen molar-refractivity contribution in [3.63, 3.8) is 0 Å². The lowest BCUT2D eigenvalue weighted by Gasteiger charge is -1.99. The zero-order valence-electron chi connectivity index (χ0n) is 9.54. The average molecular weight is 272 g/mol. The van der Waals surface area contributed by atoms with Crippen molar-refractivity contribution in [3.05, 3.63) is 23.7 Å². The van der Waals surface area contributed by atoms with Crippen molar-refractivity contribution >= 4 is 10.0 Å². The number of aromatic nitrogens is 4. The molecule has 0 spiro atoms. The minimum atomic E-state index is -3.53. The van der Waals surface area contributed by atoms with Crippen molar-refractivity contribution in [2.45, 2.75) is 18.2 Å². The number of tetrazole rings is 1. The lowest BCUT2D eigenvalue weighted by Crippen LogP contribution is -2.18. The maximum absolute atomic E-state index is 11.4. The van der Waals surface area contributed by atoms with Crippen LogP contribution in [0.15, 0.2) is 21.6 Å². The summed E-state index contributed by atoms with van der Waals surface area (Å²) in [6, 6.07) is 2.99. The molecule has 0 amide bonds. The molecule has 0 saturated carbocycles. The molecule has 0 radical (unpaired) electrons. The summed E-state index contributed by atoms with van der Waals surface area (Å²) in [4.78, 5) is 0. The van der Waals surface area contributed by atoms with Gasteiger partial charge in [-0.2, -0.15) is 5.21 Å². The molecular weight excluding hydrogens is 260 g/mol. The van der Waals surface area contributed by atoms with E-state index in [4.69, 9.17) is 4.42 Å². The highest BCUT2D eigenvalue weighted by atomic mass is 32.2. The van der Waals surface area contributed by atoms with Crippen LogP contribution < -0.4 is 10.0 Å². The first-order valence-corrected chi connectivity index (χ1v) is 6.55. The molecule has 0 fully saturated rings. The molecule has 9 nitrogen and oxygen atoms in total. The topological polar surface area (TPSA) is 126 Å². The molecule has 0 unspecified atom stereocenters. The van der Waals surface area contributed by atoms with E-state index in [0.717, 1.165) is 0 Å². The zero-order valence-corrected chi connectivity index (χ0v) is 10.4. The number of furan rings is 1. The Bertz CT molecular complexity index is 590. The monoisotopic (exact) mass is 272 g/mol. The summed E-state index contributed by atoms with van der Waals surface area (Å²) in [7, 11) is -2.20. The molecular formula is C8H12N6O3S. The van der Waals surface area contributed by atoms with E-state index >= 15 is 0 Å². The number of aromatic amines is 1. The van der Waals surface area contributed by atoms with Crippen LogP contribution >= 0.6 is 0 Å². The first-order chi connectivity index (χ1) is 8.62. The van der Waals surface area contributed by atoms with Crippen LogP contribution in [0.5, 0.6) is 0 Å². The van der Waals surface area contributed by atoms with E-state index in [1.807, 2.05) is 0 Å². The Morgan fingerprint density at radius 3 is 2.89 bits per heavy atom. The van der Waals surface area contributed by atoms with Gasteiger partial charge in [0.25, 0.3) is 10.0 Å². The molecule has 2 heterocycles. The van der Waals surface area contributed by atoms with Crippen LogP contribution in [0.25, 0.3) is 0 Å². The average Bonchev–Trinajstić information content (AvgIpc) is 3.00. The predicted octanol–water partition coefficient (Wildman–Crippen LogP) is -1.01. The van der Waals surface area contributed by atoms with Crippen molar-refractivity contribution in [1.29, 1.82) is 0 Å². The highest BCUT2D eigenvalue weighted by molar-refractivity contribution is 7.89. The molecule has 0 saturated heterocycles. The third-order valence-corrected chi connectivity index (χ3v) is 3.43. The summed E-state index contributed by atoms with van der Waals surface area (Å²) in [5.74, 6) is 1.02. The fraction of sp³-hybridized carbons (Fsp3) is 0.375. The van der Waals surface area contributed by atoms with Crippen LogP contribution in [0.3, 0.4) is 0 Å². The predicted molar refractivity (Wildman–Crippen MR) is 59.7 cm³/mol. The van der Waals surface area contributed by atoms with E-state index in [-0.39, 0.29) is 5.09 Å². The molecule has 0 aromatic carbocycles. The fourth-order valence-electron chi connectivity index (χ4n) is 1.25. The van der Waals surface area contributed by atoms with E-state index in [0.29, 0.717) is 24.7 Å². The molecule has 0 bridgehead atoms. The molecule has 2 aromatic rings. The second kappa shape index (κ2) is 5.25. The Hall–Kier alpha value is -1.78. The third kappa shape index (κ3) is 2.91. The molecule has 0 aliphatic rings. The number of nitrogens with zero attached hydrogens (tertiary/aromatic N) is 3. The molecule has 18 heavy (non-hydrogen) atoms. The second-order valence-corrected chi connectivity index (χ2v) is 5.18. The minimum absolute atomic E-state index is 0.110. The van der Waals surface area contributed by atoms with Gasteiger partial charge in [-0.1, -0.05) is 5.21 Å². The molecule has 2 rings (SSSR count). The van der Waals surface area contributed by atoms with Gasteiger partial charge in [0.15, 0.2) is 5.82 Å². The number of H-pyrrole nitrogens is 1. The molecule has 0 aliphatic heterocycles. The van der Waals surface area contributed by atoms with E-state index in [9.17, 15) is 8.42 Å². The van der Waals surface area contributed by atoms with Crippen LogP contribution in [0.2, 0.25) is 0 Å². The highest BCUT2D eigenvalue weighted by Crippen LogP contribution is 2.13. The maximum atomic E-state index is 11.4. The normalized spacial score (nSPS) is 11.8. The molecule has 0 aliphatic carbocycles. The smallest absolute Gasteiger partial charge is 0.273 e. The van der Waals surface area contributed by atoms with Crippen molar-refractivity contribution in [2.24, 2.45) is 0 Å². The van der Waals surface area contributed by atoms with E-state index < -0.39 is 10.0 Å². The van der Waals surface area contributed by atoms with Gasteiger partial charge in [-0.25, -0.2) is 13.1 Å². The van der Waals surface area contributed by atoms with Gasteiger partial charge in [0.1, 0.15) is 5.76 Å². The van der Waals surface area contributed by atoms with Gasteiger partial charge in [-0.3, -0.25) is 0 Å². The second-order valence-electron chi connectivity index (χ2n) is 3.36. The Labute approximate surface area is 103 Å². The standard InChI is InChI=1S/C8H12N6O3S/c1-9-18(15,16)8-3-2-6(17-8)4-10-5-7-11-13-14-12-7/h2-3,9-10H,4-5H2,1H3,(H,11,12,13,14). The van der Waals surface area contributed by atoms with Crippen molar-refractivity contribution in [3.8, 4) is 0 Å². The van der Waals surface area contributed by atoms with Gasteiger partial charge in [-0.05, 0) is 19.2 Å². The highest BCUT2D eigenvalue weighted by Gasteiger charge is 2.16. The van der Waals surface area contributed by atoms with Crippen LogP contribution in [0.1, 0.15) is 11.6 Å². The number of hydrogen-bond acceptors (Lipinski definition) is 7. The SMILES string of the molecule is CNS(=O)(=O)c1ccc(CNCc2nn[nH]n2)o1. The Morgan fingerprint density at radius 1 is 1.39 bits per heavy atom. The van der Waals surface area contributed by atoms with Gasteiger partial charge in [0, 0.05) is 0 Å². The summed E-state index contributed by atoms with van der Waals surface area (Å²) >= 11 is 0. The maximum Gasteiger partial charge on any atom is 0.273 e. The number of sulfonamides is 1. The lowest BCUT2D eigenvalue weighted by molar-refractivity contribution is 0.399. The van der Waals surface area contributed by atoms with Crippen LogP contribution in [0, 0.1) is 0 Å². The molecule has 3 N–H and O–H groups in total. The fourth-order valence-corrected chi connectivity index (χ4v) is 1.92. The van der Waals surface area contributed by atoms with Gasteiger partial charge in [0.05, 0.1) is 13.1 Å². The van der Waals surface area contributed by atoms with Gasteiger partial charge >= 0.3 is 0 Å². The van der Waals surface area contributed by atoms with Crippen molar-refractivity contribution in [2.75, 3.05) is 7.05 Å². The van der Waals surface area contributed by atoms with Gasteiger partial charge in [0.2, 0.25) is 5.09 Å². The van der Waals surface area contributed by atoms with E-state index in [1.54, 1.807) is 6.07 Å². The summed E-state index contributed by atoms with van der Waals surface area (Å²) in [5.41, 5.74) is 0. The van der Waals surface area contributed by atoms with E-state index in [2.05, 4.69) is 30.7 Å². The summed E-state index contributed by atoms with van der Waals surface area (Å²) < 4.78 is 30.2. The van der Waals surface area contributed by atoms with Gasteiger partial charge in [-0.15, -0.1) is 10.2 Å². The van der Waals surface area contributed by atoms with Crippen LogP contribution in [-0.2, 0) is 23.1 Å². The largest absolute Gasteiger partial charge is 0.447 e. The number of rotatable bonds is 6. The van der Waals surface area contributed by atoms with Crippen molar-refractivity contribution in [1.82, 2.24) is 30.7 Å². The molecule has 0 atom stereocenters. The lowest BCUT2D eigenvalue weighted by atomic mass is 10.4. The van der Waals surface area contributed by atoms with Crippen molar-refractivity contribution < 1.29 is 12.8 Å². The third-order valence-electron chi connectivity index (χ3n) is 2.14. The Morgan fingerprint density at radius 2 is 2.22 bits per heavy atom. The zero-order chi connectivity index (χ0) is 13.0. The number of hydrogen-bond donors (Lipinski definition) is 3. The van der Waals surface area contributed by atoms with Gasteiger partial charge < -0.3 is 9.73 Å². The first-order valence-electron chi connectivity index (χ1n) is 5.07. The molecule has 98 valence electrons. The first kappa shape index (κ1) is 12.7. The molecule has 2 aromatic heterocycles. The van der Waals surface area contributed by atoms with E-state index in [1.165, 1.54) is 13.1 Å². The summed E-state index contributed by atoms with van der Waals surface area (Å²) in [6.07, 6.45) is 0. The quantitative estimate of drug-likeness (QED) is 0.615. The number of nitrogens with one attached hydrogen (secondary N) is 3. The Kier molecular flexibility index (Phi) is 3.69. The summed E-state index contributed by atoms with van der Waals surface area (Å²) in [6.45, 7) is 0.777.